The van der Waals surface area contributed by atoms with Gasteiger partial charge in [-0.1, -0.05) is 82.7 Å². The van der Waals surface area contributed by atoms with E-state index in [4.69, 9.17) is 14.5 Å². The van der Waals surface area contributed by atoms with E-state index in [0.717, 1.165) is 24.8 Å². The van der Waals surface area contributed by atoms with Crippen molar-refractivity contribution in [1.82, 2.24) is 9.99 Å². The molecular weight excluding hydrogens is 526 g/mol. The maximum absolute atomic E-state index is 14.3. The highest BCUT2D eigenvalue weighted by atomic mass is 79.9. The standard InChI is InChI=1S/C27H22BrN3O5/c1-35-26(33)30(19-13-7-4-8-14-19)31(27(34)36-2)25(32)23-20-15-9-10-16-22(20)29-24(21(23)17-28)18-11-5-3-6-12-18/h3-16H,17H2,1-2H3. The van der Waals surface area contributed by atoms with E-state index in [1.807, 2.05) is 36.4 Å². The average Bonchev–Trinajstić information content (AvgIpc) is 2.94. The molecule has 182 valence electrons. The number of benzene rings is 3. The van der Waals surface area contributed by atoms with Gasteiger partial charge in [-0.3, -0.25) is 4.79 Å². The third-order valence-corrected chi connectivity index (χ3v) is 6.04. The molecule has 4 aromatic rings. The lowest BCUT2D eigenvalue weighted by molar-refractivity contribution is 0.0665. The smallest absolute Gasteiger partial charge is 0.436 e. The average molecular weight is 548 g/mol. The number of pyridine rings is 1. The number of anilines is 1. The second-order valence-electron chi connectivity index (χ2n) is 7.54. The molecule has 0 radical (unpaired) electrons. The van der Waals surface area contributed by atoms with Gasteiger partial charge in [0.2, 0.25) is 0 Å². The molecule has 3 amide bonds. The first-order valence-electron chi connectivity index (χ1n) is 10.9. The molecule has 0 saturated carbocycles. The molecule has 0 N–H and O–H groups in total. The minimum absolute atomic E-state index is 0.201. The van der Waals surface area contributed by atoms with Crippen LogP contribution in [0.3, 0.4) is 0 Å². The number of nitrogens with zero attached hydrogens (tertiary/aromatic N) is 3. The number of ether oxygens (including phenoxy) is 2. The van der Waals surface area contributed by atoms with Gasteiger partial charge >= 0.3 is 12.2 Å². The van der Waals surface area contributed by atoms with Crippen LogP contribution in [-0.4, -0.2) is 42.3 Å². The van der Waals surface area contributed by atoms with Crippen molar-refractivity contribution in [3.05, 3.63) is 96.1 Å². The van der Waals surface area contributed by atoms with Crippen molar-refractivity contribution in [1.29, 1.82) is 0 Å². The fourth-order valence-electron chi connectivity index (χ4n) is 3.87. The first kappa shape index (κ1) is 24.9. The molecule has 4 rings (SSSR count). The minimum Gasteiger partial charge on any atom is -0.451 e. The zero-order chi connectivity index (χ0) is 25.7. The van der Waals surface area contributed by atoms with Crippen LogP contribution in [-0.2, 0) is 14.8 Å². The van der Waals surface area contributed by atoms with Crippen LogP contribution in [0, 0.1) is 0 Å². The fraction of sp³-hybridized carbons (Fsp3) is 0.111. The molecule has 0 unspecified atom stereocenters. The van der Waals surface area contributed by atoms with E-state index in [2.05, 4.69) is 15.9 Å². The van der Waals surface area contributed by atoms with Crippen molar-refractivity contribution in [3.8, 4) is 11.3 Å². The van der Waals surface area contributed by atoms with Gasteiger partial charge in [-0.25, -0.2) is 14.6 Å². The Bertz CT molecular complexity index is 1410. The van der Waals surface area contributed by atoms with Crippen molar-refractivity contribution in [2.24, 2.45) is 0 Å². The number of alkyl halides is 1. The largest absolute Gasteiger partial charge is 0.451 e. The van der Waals surface area contributed by atoms with Crippen molar-refractivity contribution in [2.45, 2.75) is 5.33 Å². The Labute approximate surface area is 216 Å². The summed E-state index contributed by atoms with van der Waals surface area (Å²) in [6.45, 7) is 0. The number of fused-ring (bicyclic) bond motifs is 1. The normalized spacial score (nSPS) is 10.5. The van der Waals surface area contributed by atoms with Gasteiger partial charge in [0.25, 0.3) is 5.91 Å². The van der Waals surface area contributed by atoms with E-state index in [1.165, 1.54) is 0 Å². The predicted molar refractivity (Wildman–Crippen MR) is 140 cm³/mol. The number of para-hydroxylation sites is 2. The monoisotopic (exact) mass is 547 g/mol. The Morgan fingerprint density at radius 2 is 1.39 bits per heavy atom. The molecule has 36 heavy (non-hydrogen) atoms. The Kier molecular flexibility index (Phi) is 7.60. The van der Waals surface area contributed by atoms with E-state index in [1.54, 1.807) is 48.5 Å². The molecule has 0 aliphatic heterocycles. The third kappa shape index (κ3) is 4.65. The SMILES string of the molecule is COC(=O)N(C(=O)c1c(CBr)c(-c2ccccc2)nc2ccccc12)N(C(=O)OC)c1ccccc1. The summed E-state index contributed by atoms with van der Waals surface area (Å²) in [7, 11) is 2.30. The lowest BCUT2D eigenvalue weighted by Gasteiger charge is -2.31. The molecule has 0 spiro atoms. The lowest BCUT2D eigenvalue weighted by atomic mass is 9.97. The summed E-state index contributed by atoms with van der Waals surface area (Å²) < 4.78 is 9.87. The fourth-order valence-corrected chi connectivity index (χ4v) is 4.41. The summed E-state index contributed by atoms with van der Waals surface area (Å²) in [5, 5.41) is 2.27. The van der Waals surface area contributed by atoms with Gasteiger partial charge < -0.3 is 9.47 Å². The van der Waals surface area contributed by atoms with E-state index in [9.17, 15) is 14.4 Å². The quantitative estimate of drug-likeness (QED) is 0.223. The Balaban J connectivity index is 2.01. The van der Waals surface area contributed by atoms with Gasteiger partial charge in [-0.05, 0) is 18.2 Å². The van der Waals surface area contributed by atoms with Crippen LogP contribution in [0.2, 0.25) is 0 Å². The van der Waals surface area contributed by atoms with Crippen molar-refractivity contribution in [3.63, 3.8) is 0 Å². The van der Waals surface area contributed by atoms with Gasteiger partial charge in [0.05, 0.1) is 36.7 Å². The number of rotatable bonds is 4. The summed E-state index contributed by atoms with van der Waals surface area (Å²) in [6, 6.07) is 24.8. The van der Waals surface area contributed by atoms with Crippen molar-refractivity contribution < 1.29 is 23.9 Å². The van der Waals surface area contributed by atoms with Crippen LogP contribution < -0.4 is 5.01 Å². The van der Waals surface area contributed by atoms with Gasteiger partial charge in [-0.2, -0.15) is 5.01 Å². The molecule has 1 aromatic heterocycles. The number of hydrazine groups is 1. The molecule has 0 atom stereocenters. The first-order valence-corrected chi connectivity index (χ1v) is 12.0. The Morgan fingerprint density at radius 1 is 0.806 bits per heavy atom. The maximum atomic E-state index is 14.3. The molecule has 3 aromatic carbocycles. The van der Waals surface area contributed by atoms with Crippen molar-refractivity contribution in [2.75, 3.05) is 19.2 Å². The molecule has 0 bridgehead atoms. The van der Waals surface area contributed by atoms with Crippen LogP contribution >= 0.6 is 15.9 Å². The van der Waals surface area contributed by atoms with Crippen molar-refractivity contribution >= 4 is 50.6 Å². The molecular formula is C27H22BrN3O5. The van der Waals surface area contributed by atoms with Crippen LogP contribution in [0.4, 0.5) is 15.3 Å². The number of halogens is 1. The number of hydrogen-bond donors (Lipinski definition) is 0. The molecule has 0 aliphatic rings. The second kappa shape index (κ2) is 11.0. The second-order valence-corrected chi connectivity index (χ2v) is 8.10. The highest BCUT2D eigenvalue weighted by molar-refractivity contribution is 9.08. The van der Waals surface area contributed by atoms with Gasteiger partial charge in [0, 0.05) is 21.8 Å². The molecule has 0 aliphatic carbocycles. The van der Waals surface area contributed by atoms with Gasteiger partial charge in [0.1, 0.15) is 0 Å². The minimum atomic E-state index is -1.06. The molecule has 9 heteroatoms. The predicted octanol–water partition coefficient (Wildman–Crippen LogP) is 6.19. The maximum Gasteiger partial charge on any atom is 0.436 e. The highest BCUT2D eigenvalue weighted by Gasteiger charge is 2.38. The molecule has 8 nitrogen and oxygen atoms in total. The third-order valence-electron chi connectivity index (χ3n) is 5.48. The number of carbonyl (C=O) groups excluding carboxylic acids is 3. The zero-order valence-electron chi connectivity index (χ0n) is 19.6. The number of carbonyl (C=O) groups is 3. The van der Waals surface area contributed by atoms with Crippen LogP contribution in [0.5, 0.6) is 0 Å². The molecule has 0 saturated heterocycles. The first-order chi connectivity index (χ1) is 17.5. The van der Waals surface area contributed by atoms with E-state index >= 15 is 0 Å². The number of hydrogen-bond acceptors (Lipinski definition) is 6. The number of aromatic nitrogens is 1. The topological polar surface area (TPSA) is 89.0 Å². The van der Waals surface area contributed by atoms with Crippen LogP contribution in [0.15, 0.2) is 84.9 Å². The summed E-state index contributed by atoms with van der Waals surface area (Å²) >= 11 is 3.51. The number of methoxy groups -OCH3 is 2. The Morgan fingerprint density at radius 3 is 2.00 bits per heavy atom. The van der Waals surface area contributed by atoms with Crippen LogP contribution in [0.25, 0.3) is 22.2 Å². The molecule has 1 heterocycles. The molecule has 0 fully saturated rings. The highest BCUT2D eigenvalue weighted by Crippen LogP contribution is 2.33. The van der Waals surface area contributed by atoms with Gasteiger partial charge in [-0.15, -0.1) is 5.01 Å². The van der Waals surface area contributed by atoms with Crippen LogP contribution in [0.1, 0.15) is 15.9 Å². The number of imide groups is 1. The summed E-state index contributed by atoms with van der Waals surface area (Å²) in [5.41, 5.74) is 2.92. The Hall–Kier alpha value is -4.24. The van der Waals surface area contributed by atoms with E-state index in [-0.39, 0.29) is 16.6 Å². The summed E-state index contributed by atoms with van der Waals surface area (Å²) in [4.78, 5) is 45.1. The number of amides is 3. The van der Waals surface area contributed by atoms with Gasteiger partial charge in [0.15, 0.2) is 0 Å². The summed E-state index contributed by atoms with van der Waals surface area (Å²) in [5.74, 6) is -0.777. The van der Waals surface area contributed by atoms with E-state index < -0.39 is 18.1 Å². The summed E-state index contributed by atoms with van der Waals surface area (Å²) in [6.07, 6.45) is -2.00. The zero-order valence-corrected chi connectivity index (χ0v) is 21.1. The van der Waals surface area contributed by atoms with E-state index in [0.29, 0.717) is 27.2 Å². The lowest BCUT2D eigenvalue weighted by Crippen LogP contribution is -2.53.